The summed E-state index contributed by atoms with van der Waals surface area (Å²) < 4.78 is 0. The molecule has 2 N–H and O–H groups in total. The second-order valence-corrected chi connectivity index (χ2v) is 7.61. The van der Waals surface area contributed by atoms with E-state index in [2.05, 4.69) is 34.9 Å². The molecule has 1 aliphatic rings. The maximum atomic E-state index is 13.3. The minimum absolute atomic E-state index is 0.0373. The summed E-state index contributed by atoms with van der Waals surface area (Å²) in [7, 11) is 0. The summed E-state index contributed by atoms with van der Waals surface area (Å²) in [6, 6.07) is 13.4. The van der Waals surface area contributed by atoms with E-state index in [1.165, 1.54) is 5.56 Å². The Morgan fingerprint density at radius 2 is 1.70 bits per heavy atom. The van der Waals surface area contributed by atoms with Crippen molar-refractivity contribution < 1.29 is 9.59 Å². The quantitative estimate of drug-likeness (QED) is 0.720. The van der Waals surface area contributed by atoms with Crippen molar-refractivity contribution in [2.45, 2.75) is 51.4 Å². The first-order valence-electron chi connectivity index (χ1n) is 9.42. The van der Waals surface area contributed by atoms with Gasteiger partial charge in [-0.05, 0) is 43.5 Å². The van der Waals surface area contributed by atoms with E-state index in [-0.39, 0.29) is 11.8 Å². The molecule has 0 bridgehead atoms. The second-order valence-electron chi connectivity index (χ2n) is 7.21. The summed E-state index contributed by atoms with van der Waals surface area (Å²) >= 11 is 6.30. The maximum Gasteiger partial charge on any atom is 0.235 e. The van der Waals surface area contributed by atoms with Crippen molar-refractivity contribution in [2.75, 3.05) is 10.6 Å². The van der Waals surface area contributed by atoms with Crippen LogP contribution in [0.4, 0.5) is 11.4 Å². The highest BCUT2D eigenvalue weighted by Gasteiger charge is 2.42. The van der Waals surface area contributed by atoms with E-state index in [0.29, 0.717) is 22.8 Å². The number of carbonyl (C=O) groups excluding carboxylic acids is 2. The number of nitrogens with one attached hydrogen (secondary N) is 2. The Balaban J connectivity index is 1.87. The van der Waals surface area contributed by atoms with Gasteiger partial charge in [-0.2, -0.15) is 0 Å². The SMILES string of the molecule is CCC(=O)Nc1ccc(Cl)c(NC(=O)C2(c3ccc(C)cc3)CCCC2)c1. The lowest BCUT2D eigenvalue weighted by Crippen LogP contribution is -2.38. The van der Waals surface area contributed by atoms with Gasteiger partial charge in [0, 0.05) is 12.1 Å². The normalized spacial score (nSPS) is 15.4. The number of amides is 2. The van der Waals surface area contributed by atoms with Crippen molar-refractivity contribution in [1.82, 2.24) is 0 Å². The standard InChI is InChI=1S/C22H25ClN2O2/c1-3-20(26)24-17-10-11-18(23)19(14-17)25-21(27)22(12-4-5-13-22)16-8-6-15(2)7-9-16/h6-11,14H,3-5,12-13H2,1-2H3,(H,24,26)(H,25,27). The number of hydrogen-bond acceptors (Lipinski definition) is 2. The molecule has 0 spiro atoms. The average Bonchev–Trinajstić information content (AvgIpc) is 3.16. The first-order valence-corrected chi connectivity index (χ1v) is 9.80. The van der Waals surface area contributed by atoms with Gasteiger partial charge in [0.25, 0.3) is 0 Å². The Labute approximate surface area is 165 Å². The van der Waals surface area contributed by atoms with Crippen molar-refractivity contribution in [3.05, 3.63) is 58.6 Å². The topological polar surface area (TPSA) is 58.2 Å². The van der Waals surface area contributed by atoms with Gasteiger partial charge in [0.2, 0.25) is 11.8 Å². The Hall–Kier alpha value is -2.33. The zero-order valence-electron chi connectivity index (χ0n) is 15.8. The van der Waals surface area contributed by atoms with E-state index in [1.807, 2.05) is 6.92 Å². The molecule has 0 radical (unpaired) electrons. The highest BCUT2D eigenvalue weighted by atomic mass is 35.5. The minimum atomic E-state index is -0.528. The van der Waals surface area contributed by atoms with Crippen molar-refractivity contribution in [3.8, 4) is 0 Å². The van der Waals surface area contributed by atoms with Crippen LogP contribution in [0, 0.1) is 6.92 Å². The Morgan fingerprint density at radius 3 is 2.33 bits per heavy atom. The zero-order valence-corrected chi connectivity index (χ0v) is 16.5. The number of halogens is 1. The van der Waals surface area contributed by atoms with E-state index in [1.54, 1.807) is 25.1 Å². The molecule has 2 aromatic carbocycles. The highest BCUT2D eigenvalue weighted by molar-refractivity contribution is 6.34. The Kier molecular flexibility index (Phi) is 5.85. The van der Waals surface area contributed by atoms with Crippen LogP contribution in [0.1, 0.15) is 50.2 Å². The summed E-state index contributed by atoms with van der Waals surface area (Å²) in [6.07, 6.45) is 4.10. The van der Waals surface area contributed by atoms with Crippen LogP contribution < -0.4 is 10.6 Å². The fourth-order valence-corrected chi connectivity index (χ4v) is 3.85. The van der Waals surface area contributed by atoms with Gasteiger partial charge < -0.3 is 10.6 Å². The molecule has 1 fully saturated rings. The largest absolute Gasteiger partial charge is 0.326 e. The van der Waals surface area contributed by atoms with Gasteiger partial charge in [-0.1, -0.05) is 61.2 Å². The number of rotatable bonds is 5. The first-order chi connectivity index (χ1) is 12.9. The van der Waals surface area contributed by atoms with Gasteiger partial charge in [-0.15, -0.1) is 0 Å². The van der Waals surface area contributed by atoms with E-state index in [0.717, 1.165) is 31.2 Å². The molecule has 2 amide bonds. The van der Waals surface area contributed by atoms with Gasteiger partial charge >= 0.3 is 0 Å². The third-order valence-electron chi connectivity index (χ3n) is 5.32. The summed E-state index contributed by atoms with van der Waals surface area (Å²) in [6.45, 7) is 3.83. The summed E-state index contributed by atoms with van der Waals surface area (Å²) in [4.78, 5) is 24.9. The molecule has 0 aromatic heterocycles. The monoisotopic (exact) mass is 384 g/mol. The van der Waals surface area contributed by atoms with Crippen LogP contribution in [0.15, 0.2) is 42.5 Å². The summed E-state index contributed by atoms with van der Waals surface area (Å²) in [5.41, 5.74) is 2.84. The lowest BCUT2D eigenvalue weighted by atomic mass is 9.77. The van der Waals surface area contributed by atoms with E-state index in [4.69, 9.17) is 11.6 Å². The number of anilines is 2. The maximum absolute atomic E-state index is 13.3. The molecule has 142 valence electrons. The van der Waals surface area contributed by atoms with Crippen LogP contribution in [0.3, 0.4) is 0 Å². The lowest BCUT2D eigenvalue weighted by molar-refractivity contribution is -0.121. The molecule has 5 heteroatoms. The number of hydrogen-bond donors (Lipinski definition) is 2. The summed E-state index contributed by atoms with van der Waals surface area (Å²) in [5.74, 6) is -0.119. The van der Waals surface area contributed by atoms with Gasteiger partial charge in [-0.25, -0.2) is 0 Å². The molecule has 1 aliphatic carbocycles. The molecule has 0 aliphatic heterocycles. The smallest absolute Gasteiger partial charge is 0.235 e. The van der Waals surface area contributed by atoms with Gasteiger partial charge in [0.15, 0.2) is 0 Å². The van der Waals surface area contributed by atoms with Crippen LogP contribution in [0.5, 0.6) is 0 Å². The van der Waals surface area contributed by atoms with Gasteiger partial charge in [0.05, 0.1) is 16.1 Å². The van der Waals surface area contributed by atoms with Crippen LogP contribution >= 0.6 is 11.6 Å². The van der Waals surface area contributed by atoms with E-state index >= 15 is 0 Å². The minimum Gasteiger partial charge on any atom is -0.326 e. The lowest BCUT2D eigenvalue weighted by Gasteiger charge is -2.29. The molecule has 1 saturated carbocycles. The molecule has 0 heterocycles. The number of benzene rings is 2. The second kappa shape index (κ2) is 8.13. The molecular weight excluding hydrogens is 360 g/mol. The third-order valence-corrected chi connectivity index (χ3v) is 5.64. The van der Waals surface area contributed by atoms with Crippen LogP contribution in [-0.4, -0.2) is 11.8 Å². The molecule has 27 heavy (non-hydrogen) atoms. The number of carbonyl (C=O) groups is 2. The molecule has 3 rings (SSSR count). The molecule has 2 aromatic rings. The molecule has 0 unspecified atom stereocenters. The van der Waals surface area contributed by atoms with Crippen molar-refractivity contribution in [3.63, 3.8) is 0 Å². The fourth-order valence-electron chi connectivity index (χ4n) is 3.69. The predicted molar refractivity (Wildman–Crippen MR) is 110 cm³/mol. The van der Waals surface area contributed by atoms with E-state index < -0.39 is 5.41 Å². The van der Waals surface area contributed by atoms with Crippen molar-refractivity contribution in [2.24, 2.45) is 0 Å². The molecule has 4 nitrogen and oxygen atoms in total. The van der Waals surface area contributed by atoms with Crippen LogP contribution in [0.2, 0.25) is 5.02 Å². The molecule has 0 saturated heterocycles. The predicted octanol–water partition coefficient (Wildman–Crippen LogP) is 5.45. The Morgan fingerprint density at radius 1 is 1.04 bits per heavy atom. The first kappa shape index (κ1) is 19.4. The number of aryl methyl sites for hydroxylation is 1. The van der Waals surface area contributed by atoms with Gasteiger partial charge in [0.1, 0.15) is 0 Å². The molecular formula is C22H25ClN2O2. The highest BCUT2D eigenvalue weighted by Crippen LogP contribution is 2.42. The zero-order chi connectivity index (χ0) is 19.4. The third kappa shape index (κ3) is 4.16. The Bertz CT molecular complexity index is 840. The van der Waals surface area contributed by atoms with Crippen LogP contribution in [-0.2, 0) is 15.0 Å². The summed E-state index contributed by atoms with van der Waals surface area (Å²) in [5, 5.41) is 6.27. The fraction of sp³-hybridized carbons (Fsp3) is 0.364. The van der Waals surface area contributed by atoms with Crippen molar-refractivity contribution >= 4 is 34.8 Å². The average molecular weight is 385 g/mol. The van der Waals surface area contributed by atoms with Crippen LogP contribution in [0.25, 0.3) is 0 Å². The molecule has 0 atom stereocenters. The van der Waals surface area contributed by atoms with Crippen molar-refractivity contribution in [1.29, 1.82) is 0 Å². The van der Waals surface area contributed by atoms with Gasteiger partial charge in [-0.3, -0.25) is 9.59 Å². The van der Waals surface area contributed by atoms with E-state index in [9.17, 15) is 9.59 Å².